The lowest BCUT2D eigenvalue weighted by Gasteiger charge is -2.04. The quantitative estimate of drug-likeness (QED) is 0.346. The van der Waals surface area contributed by atoms with E-state index in [9.17, 15) is 8.42 Å². The molecule has 0 aromatic carbocycles. The van der Waals surface area contributed by atoms with E-state index in [1.165, 1.54) is 0 Å². The molecule has 0 amide bonds. The third-order valence-corrected chi connectivity index (χ3v) is 1.75. The van der Waals surface area contributed by atoms with E-state index in [0.29, 0.717) is 6.73 Å². The smallest absolute Gasteiger partial charge is 0.264 e. The molecule has 0 heterocycles. The Morgan fingerprint density at radius 2 is 2.00 bits per heavy atom. The third-order valence-electron chi connectivity index (χ3n) is 1.16. The minimum Gasteiger partial charge on any atom is -0.364 e. The lowest BCUT2D eigenvalue weighted by molar-refractivity contribution is 0.0891. The van der Waals surface area contributed by atoms with Crippen LogP contribution in [0.25, 0.3) is 0 Å². The van der Waals surface area contributed by atoms with Gasteiger partial charge in [0, 0.05) is 0 Å². The van der Waals surface area contributed by atoms with Crippen LogP contribution in [0.3, 0.4) is 0 Å². The summed E-state index contributed by atoms with van der Waals surface area (Å²) in [5, 5.41) is 3.01. The van der Waals surface area contributed by atoms with Gasteiger partial charge < -0.3 is 4.74 Å². The minimum absolute atomic E-state index is 0.0760. The van der Waals surface area contributed by atoms with E-state index < -0.39 is 10.1 Å². The lowest BCUT2D eigenvalue weighted by atomic mass is 10.5. The summed E-state index contributed by atoms with van der Waals surface area (Å²) in [5.41, 5.74) is 0. The van der Waals surface area contributed by atoms with Crippen molar-refractivity contribution in [2.75, 3.05) is 32.7 Å². The maximum Gasteiger partial charge on any atom is 0.264 e. The summed E-state index contributed by atoms with van der Waals surface area (Å²) in [7, 11) is -3.32. The molecule has 0 rings (SSSR count). The highest BCUT2D eigenvalue weighted by Gasteiger charge is 1.99. The van der Waals surface area contributed by atoms with Gasteiger partial charge in [0.05, 0.1) is 26.2 Å². The molecule has 0 aromatic rings. The molecule has 0 bridgehead atoms. The van der Waals surface area contributed by atoms with E-state index in [2.05, 4.69) is 16.4 Å². The number of rotatable bonds is 8. The predicted octanol–water partition coefficient (Wildman–Crippen LogP) is -0.0637. The van der Waals surface area contributed by atoms with Gasteiger partial charge in [-0.3, -0.25) is 9.50 Å². The highest BCUT2D eigenvalue weighted by atomic mass is 32.2. The number of hydrogen-bond donors (Lipinski definition) is 1. The fraction of sp³-hybridized carbons (Fsp3) is 1.00. The molecule has 5 nitrogen and oxygen atoms in total. The van der Waals surface area contributed by atoms with E-state index in [1.54, 1.807) is 0 Å². The molecule has 0 aromatic heterocycles. The molecule has 0 fully saturated rings. The van der Waals surface area contributed by atoms with Crippen molar-refractivity contribution in [1.82, 2.24) is 5.32 Å². The molecule has 0 radical (unpaired) electrons. The van der Waals surface area contributed by atoms with Crippen molar-refractivity contribution in [3.05, 3.63) is 0 Å². The Hall–Kier alpha value is -0.170. The fourth-order valence-electron chi connectivity index (χ4n) is 0.638. The molecule has 80 valence electrons. The fourth-order valence-corrected chi connectivity index (χ4v) is 1.01. The topological polar surface area (TPSA) is 64.6 Å². The molecule has 6 heteroatoms. The first-order valence-corrected chi connectivity index (χ1v) is 6.00. The van der Waals surface area contributed by atoms with Crippen molar-refractivity contribution in [2.24, 2.45) is 0 Å². The van der Waals surface area contributed by atoms with Crippen molar-refractivity contribution in [2.45, 2.75) is 13.3 Å². The summed E-state index contributed by atoms with van der Waals surface area (Å²) in [6.07, 6.45) is 2.06. The lowest BCUT2D eigenvalue weighted by Crippen LogP contribution is -2.20. The van der Waals surface area contributed by atoms with Gasteiger partial charge in [0.25, 0.3) is 10.1 Å². The Labute approximate surface area is 79.5 Å². The van der Waals surface area contributed by atoms with Crippen LogP contribution in [0, 0.1) is 0 Å². The van der Waals surface area contributed by atoms with Crippen LogP contribution < -0.4 is 5.32 Å². The molecule has 0 saturated carbocycles. The van der Waals surface area contributed by atoms with E-state index in [1.807, 2.05) is 0 Å². The number of hydrogen-bond acceptors (Lipinski definition) is 5. The number of ether oxygens (including phenoxy) is 1. The summed E-state index contributed by atoms with van der Waals surface area (Å²) < 4.78 is 30.4. The Morgan fingerprint density at radius 1 is 1.31 bits per heavy atom. The number of nitrogens with one attached hydrogen (secondary N) is 1. The Morgan fingerprint density at radius 3 is 2.54 bits per heavy atom. The van der Waals surface area contributed by atoms with Crippen molar-refractivity contribution in [3.8, 4) is 0 Å². The average molecular weight is 211 g/mol. The van der Waals surface area contributed by atoms with Gasteiger partial charge in [-0.05, 0) is 13.0 Å². The SMILES string of the molecule is CCCNCOCCOS(C)(=O)=O. The zero-order valence-electron chi connectivity index (χ0n) is 8.08. The van der Waals surface area contributed by atoms with Gasteiger partial charge in [0.15, 0.2) is 0 Å². The largest absolute Gasteiger partial charge is 0.364 e. The van der Waals surface area contributed by atoms with Gasteiger partial charge >= 0.3 is 0 Å². The third kappa shape index (κ3) is 11.8. The second-order valence-corrected chi connectivity index (χ2v) is 4.22. The van der Waals surface area contributed by atoms with Crippen LogP contribution in [0.4, 0.5) is 0 Å². The molecular weight excluding hydrogens is 194 g/mol. The molecule has 0 atom stereocenters. The molecule has 0 unspecified atom stereocenters. The first-order chi connectivity index (χ1) is 6.06. The van der Waals surface area contributed by atoms with Gasteiger partial charge in [-0.1, -0.05) is 6.92 Å². The van der Waals surface area contributed by atoms with Crippen LogP contribution >= 0.6 is 0 Å². The Balaban J connectivity index is 3.09. The first-order valence-electron chi connectivity index (χ1n) is 4.19. The molecule has 0 aliphatic heterocycles. The van der Waals surface area contributed by atoms with Crippen molar-refractivity contribution < 1.29 is 17.3 Å². The second-order valence-electron chi connectivity index (χ2n) is 2.58. The van der Waals surface area contributed by atoms with Crippen LogP contribution in [0.1, 0.15) is 13.3 Å². The van der Waals surface area contributed by atoms with Gasteiger partial charge in [0.2, 0.25) is 0 Å². The maximum atomic E-state index is 10.5. The van der Waals surface area contributed by atoms with Crippen molar-refractivity contribution in [1.29, 1.82) is 0 Å². The van der Waals surface area contributed by atoms with E-state index in [4.69, 9.17) is 4.74 Å². The van der Waals surface area contributed by atoms with E-state index in [0.717, 1.165) is 19.2 Å². The van der Waals surface area contributed by atoms with Gasteiger partial charge in [-0.15, -0.1) is 0 Å². The van der Waals surface area contributed by atoms with Crippen LogP contribution in [-0.4, -0.2) is 41.2 Å². The summed E-state index contributed by atoms with van der Waals surface area (Å²) in [6, 6.07) is 0. The van der Waals surface area contributed by atoms with E-state index >= 15 is 0 Å². The standard InChI is InChI=1S/C7H17NO4S/c1-3-4-8-7-11-5-6-12-13(2,9)10/h8H,3-7H2,1-2H3. The minimum atomic E-state index is -3.32. The monoisotopic (exact) mass is 211 g/mol. The summed E-state index contributed by atoms with van der Waals surface area (Å²) >= 11 is 0. The highest BCUT2D eigenvalue weighted by molar-refractivity contribution is 7.85. The molecular formula is C7H17NO4S. The van der Waals surface area contributed by atoms with Crippen LogP contribution in [0.5, 0.6) is 0 Å². The maximum absolute atomic E-state index is 10.5. The molecule has 0 aliphatic carbocycles. The zero-order chi connectivity index (χ0) is 10.2. The summed E-state index contributed by atoms with van der Waals surface area (Å²) in [6.45, 7) is 3.74. The second kappa shape index (κ2) is 7.25. The molecule has 13 heavy (non-hydrogen) atoms. The predicted molar refractivity (Wildman–Crippen MR) is 49.9 cm³/mol. The Bertz CT molecular complexity index is 203. The Kier molecular flexibility index (Phi) is 7.16. The summed E-state index contributed by atoms with van der Waals surface area (Å²) in [4.78, 5) is 0. The molecule has 0 spiro atoms. The van der Waals surface area contributed by atoms with Crippen LogP contribution in [0.2, 0.25) is 0 Å². The average Bonchev–Trinajstić information content (AvgIpc) is 2.01. The van der Waals surface area contributed by atoms with Gasteiger partial charge in [-0.25, -0.2) is 0 Å². The molecule has 1 N–H and O–H groups in total. The summed E-state index contributed by atoms with van der Waals surface area (Å²) in [5.74, 6) is 0. The first kappa shape index (κ1) is 12.8. The van der Waals surface area contributed by atoms with Gasteiger partial charge in [-0.2, -0.15) is 8.42 Å². The van der Waals surface area contributed by atoms with Crippen molar-refractivity contribution >= 4 is 10.1 Å². The molecule has 0 aliphatic rings. The normalized spacial score (nSPS) is 11.8. The zero-order valence-corrected chi connectivity index (χ0v) is 8.89. The van der Waals surface area contributed by atoms with E-state index in [-0.39, 0.29) is 13.2 Å². The van der Waals surface area contributed by atoms with Crippen LogP contribution in [0.15, 0.2) is 0 Å². The van der Waals surface area contributed by atoms with Crippen molar-refractivity contribution in [3.63, 3.8) is 0 Å². The van der Waals surface area contributed by atoms with Crippen LogP contribution in [-0.2, 0) is 19.0 Å². The molecule has 0 saturated heterocycles. The van der Waals surface area contributed by atoms with Gasteiger partial charge in [0.1, 0.15) is 0 Å². The highest BCUT2D eigenvalue weighted by Crippen LogP contribution is 1.85.